The molecule has 1 heterocycles. The zero-order valence-electron chi connectivity index (χ0n) is 13.1. The van der Waals surface area contributed by atoms with Crippen LogP contribution in [0, 0.1) is 13.8 Å². The number of carbonyl (C=O) groups is 1. The summed E-state index contributed by atoms with van der Waals surface area (Å²) in [6.45, 7) is 5.10. The Kier molecular flexibility index (Phi) is 4.75. The van der Waals surface area contributed by atoms with E-state index in [0.29, 0.717) is 13.1 Å². The van der Waals surface area contributed by atoms with Crippen LogP contribution in [0.5, 0.6) is 0 Å². The minimum Gasteiger partial charge on any atom is -0.325 e. The zero-order chi connectivity index (χ0) is 15.4. The van der Waals surface area contributed by atoms with Crippen LogP contribution in [-0.4, -0.2) is 34.2 Å². The molecule has 0 fully saturated rings. The first-order chi connectivity index (χ1) is 9.95. The maximum atomic E-state index is 12.0. The lowest BCUT2D eigenvalue weighted by atomic mass is 10.2. The summed E-state index contributed by atoms with van der Waals surface area (Å²) in [6, 6.07) is 7.81. The van der Waals surface area contributed by atoms with Gasteiger partial charge in [0.05, 0.1) is 12.7 Å². The van der Waals surface area contributed by atoms with E-state index in [1.165, 1.54) is 0 Å². The van der Waals surface area contributed by atoms with Crippen molar-refractivity contribution in [2.75, 3.05) is 18.9 Å². The Morgan fingerprint density at radius 2 is 2.14 bits per heavy atom. The van der Waals surface area contributed by atoms with Gasteiger partial charge in [0.2, 0.25) is 5.91 Å². The molecule has 2 aromatic rings. The molecule has 1 aromatic heterocycles. The van der Waals surface area contributed by atoms with Gasteiger partial charge in [0, 0.05) is 30.5 Å². The van der Waals surface area contributed by atoms with Crippen molar-refractivity contribution in [3.63, 3.8) is 0 Å². The first-order valence-electron chi connectivity index (χ1n) is 6.98. The van der Waals surface area contributed by atoms with Crippen LogP contribution in [0.2, 0.25) is 0 Å². The molecule has 1 aromatic carbocycles. The molecule has 0 unspecified atom stereocenters. The van der Waals surface area contributed by atoms with Gasteiger partial charge in [-0.15, -0.1) is 0 Å². The molecule has 5 heteroatoms. The third-order valence-corrected chi connectivity index (χ3v) is 3.49. The average Bonchev–Trinajstić information content (AvgIpc) is 2.70. The van der Waals surface area contributed by atoms with Crippen molar-refractivity contribution >= 4 is 11.6 Å². The Labute approximate surface area is 125 Å². The largest absolute Gasteiger partial charge is 0.325 e. The number of carbonyl (C=O) groups excluding carboxylic acids is 1. The normalized spacial score (nSPS) is 10.9. The topological polar surface area (TPSA) is 50.2 Å². The predicted octanol–water partition coefficient (Wildman–Crippen LogP) is 2.11. The Balaban J connectivity index is 1.89. The SMILES string of the molecule is Cc1cccc(NC(=O)CN(C)Cc2cnn(C)c2C)c1. The van der Waals surface area contributed by atoms with E-state index >= 15 is 0 Å². The smallest absolute Gasteiger partial charge is 0.238 e. The van der Waals surface area contributed by atoms with E-state index in [9.17, 15) is 4.79 Å². The van der Waals surface area contributed by atoms with Gasteiger partial charge in [-0.25, -0.2) is 0 Å². The maximum Gasteiger partial charge on any atom is 0.238 e. The number of benzene rings is 1. The van der Waals surface area contributed by atoms with Crippen LogP contribution < -0.4 is 5.32 Å². The molecule has 0 saturated carbocycles. The van der Waals surface area contributed by atoms with Gasteiger partial charge >= 0.3 is 0 Å². The maximum absolute atomic E-state index is 12.0. The number of aryl methyl sites for hydroxylation is 2. The van der Waals surface area contributed by atoms with E-state index in [0.717, 1.165) is 22.5 Å². The first kappa shape index (κ1) is 15.3. The fraction of sp³-hybridized carbons (Fsp3) is 0.375. The van der Waals surface area contributed by atoms with E-state index in [2.05, 4.69) is 10.4 Å². The molecule has 5 nitrogen and oxygen atoms in total. The third kappa shape index (κ3) is 4.16. The van der Waals surface area contributed by atoms with E-state index in [-0.39, 0.29) is 5.91 Å². The van der Waals surface area contributed by atoms with Crippen molar-refractivity contribution in [2.24, 2.45) is 7.05 Å². The second kappa shape index (κ2) is 6.54. The number of rotatable bonds is 5. The monoisotopic (exact) mass is 286 g/mol. The van der Waals surface area contributed by atoms with Gasteiger partial charge < -0.3 is 5.32 Å². The Morgan fingerprint density at radius 1 is 1.38 bits per heavy atom. The summed E-state index contributed by atoms with van der Waals surface area (Å²) in [5.41, 5.74) is 4.24. The molecular weight excluding hydrogens is 264 g/mol. The summed E-state index contributed by atoms with van der Waals surface area (Å²) >= 11 is 0. The quantitative estimate of drug-likeness (QED) is 0.916. The van der Waals surface area contributed by atoms with E-state index < -0.39 is 0 Å². The molecule has 0 atom stereocenters. The molecule has 21 heavy (non-hydrogen) atoms. The summed E-state index contributed by atoms with van der Waals surface area (Å²) in [5.74, 6) is -0.00959. The molecule has 2 rings (SSSR count). The number of amides is 1. The van der Waals surface area contributed by atoms with Crippen LogP contribution in [-0.2, 0) is 18.4 Å². The molecule has 0 saturated heterocycles. The number of hydrogen-bond acceptors (Lipinski definition) is 3. The average molecular weight is 286 g/mol. The van der Waals surface area contributed by atoms with Crippen molar-refractivity contribution in [3.8, 4) is 0 Å². The number of nitrogens with one attached hydrogen (secondary N) is 1. The molecule has 112 valence electrons. The minimum atomic E-state index is -0.00959. The van der Waals surface area contributed by atoms with Crippen molar-refractivity contribution in [1.82, 2.24) is 14.7 Å². The van der Waals surface area contributed by atoms with Crippen molar-refractivity contribution in [3.05, 3.63) is 47.3 Å². The molecule has 0 bridgehead atoms. The fourth-order valence-corrected chi connectivity index (χ4v) is 2.21. The van der Waals surface area contributed by atoms with Crippen LogP contribution in [0.15, 0.2) is 30.5 Å². The standard InChI is InChI=1S/C16H22N4O/c1-12-6-5-7-15(8-12)18-16(21)11-19(3)10-14-9-17-20(4)13(14)2/h5-9H,10-11H2,1-4H3,(H,18,21). The second-order valence-corrected chi connectivity index (χ2v) is 5.47. The van der Waals surface area contributed by atoms with Gasteiger partial charge in [-0.3, -0.25) is 14.4 Å². The summed E-state index contributed by atoms with van der Waals surface area (Å²) in [4.78, 5) is 14.0. The van der Waals surface area contributed by atoms with Gasteiger partial charge in [0.25, 0.3) is 0 Å². The van der Waals surface area contributed by atoms with Crippen LogP contribution in [0.4, 0.5) is 5.69 Å². The zero-order valence-corrected chi connectivity index (χ0v) is 13.1. The molecular formula is C16H22N4O. The Hall–Kier alpha value is -2.14. The molecule has 0 aliphatic heterocycles. The summed E-state index contributed by atoms with van der Waals surface area (Å²) < 4.78 is 1.84. The highest BCUT2D eigenvalue weighted by Gasteiger charge is 2.10. The second-order valence-electron chi connectivity index (χ2n) is 5.47. The summed E-state index contributed by atoms with van der Waals surface area (Å²) in [6.07, 6.45) is 1.85. The van der Waals surface area contributed by atoms with Crippen LogP contribution in [0.3, 0.4) is 0 Å². The highest BCUT2D eigenvalue weighted by Crippen LogP contribution is 2.11. The molecule has 0 spiro atoms. The molecule has 0 radical (unpaired) electrons. The summed E-state index contributed by atoms with van der Waals surface area (Å²) in [7, 11) is 3.85. The highest BCUT2D eigenvalue weighted by atomic mass is 16.2. The van der Waals surface area contributed by atoms with Crippen LogP contribution in [0.1, 0.15) is 16.8 Å². The number of aromatic nitrogens is 2. The fourth-order valence-electron chi connectivity index (χ4n) is 2.21. The third-order valence-electron chi connectivity index (χ3n) is 3.49. The van der Waals surface area contributed by atoms with E-state index in [1.807, 2.05) is 68.0 Å². The molecule has 1 N–H and O–H groups in total. The lowest BCUT2D eigenvalue weighted by Gasteiger charge is -2.16. The van der Waals surface area contributed by atoms with E-state index in [4.69, 9.17) is 0 Å². The summed E-state index contributed by atoms with van der Waals surface area (Å²) in [5, 5.41) is 7.13. The highest BCUT2D eigenvalue weighted by molar-refractivity contribution is 5.92. The first-order valence-corrected chi connectivity index (χ1v) is 6.98. The minimum absolute atomic E-state index is 0.00959. The molecule has 1 amide bonds. The van der Waals surface area contributed by atoms with Gasteiger partial charge in [-0.2, -0.15) is 5.10 Å². The predicted molar refractivity (Wildman–Crippen MR) is 84.1 cm³/mol. The van der Waals surface area contributed by atoms with Gasteiger partial charge in [0.1, 0.15) is 0 Å². The van der Waals surface area contributed by atoms with Crippen molar-refractivity contribution in [1.29, 1.82) is 0 Å². The number of anilines is 1. The van der Waals surface area contributed by atoms with Crippen molar-refractivity contribution in [2.45, 2.75) is 20.4 Å². The number of likely N-dealkylation sites (N-methyl/N-ethyl adjacent to an activating group) is 1. The molecule has 0 aliphatic rings. The van der Waals surface area contributed by atoms with Crippen LogP contribution in [0.25, 0.3) is 0 Å². The Bertz CT molecular complexity index is 633. The van der Waals surface area contributed by atoms with Gasteiger partial charge in [0.15, 0.2) is 0 Å². The van der Waals surface area contributed by atoms with Crippen LogP contribution >= 0.6 is 0 Å². The van der Waals surface area contributed by atoms with Gasteiger partial charge in [-0.1, -0.05) is 12.1 Å². The Morgan fingerprint density at radius 3 is 2.76 bits per heavy atom. The van der Waals surface area contributed by atoms with Crippen molar-refractivity contribution < 1.29 is 4.79 Å². The number of hydrogen-bond donors (Lipinski definition) is 1. The lowest BCUT2D eigenvalue weighted by Crippen LogP contribution is -2.30. The van der Waals surface area contributed by atoms with Gasteiger partial charge in [-0.05, 0) is 38.6 Å². The lowest BCUT2D eigenvalue weighted by molar-refractivity contribution is -0.117. The number of nitrogens with zero attached hydrogens (tertiary/aromatic N) is 3. The van der Waals surface area contributed by atoms with E-state index in [1.54, 1.807) is 0 Å². The molecule has 0 aliphatic carbocycles.